The Labute approximate surface area is 209 Å². The number of amides is 4. The number of carbonyl (C=O) groups excluding carboxylic acids is 4. The lowest BCUT2D eigenvalue weighted by Crippen LogP contribution is -2.61. The molecular weight excluding hydrogens is 499 g/mol. The van der Waals surface area contributed by atoms with Crippen LogP contribution in [0, 0.1) is 23.7 Å². The highest BCUT2D eigenvalue weighted by Crippen LogP contribution is 2.64. The molecule has 2 aliphatic carbocycles. The van der Waals surface area contributed by atoms with Crippen molar-refractivity contribution in [3.05, 3.63) is 47.2 Å². The van der Waals surface area contributed by atoms with E-state index in [-0.39, 0.29) is 30.1 Å². The number of fused-ring (bicyclic) bond motifs is 5. The maximum atomic E-state index is 13.5. The minimum atomic E-state index is -1.90. The van der Waals surface area contributed by atoms with Crippen LogP contribution in [-0.2, 0) is 25.6 Å². The summed E-state index contributed by atoms with van der Waals surface area (Å²) in [6, 6.07) is 4.65. The van der Waals surface area contributed by atoms with Gasteiger partial charge in [-0.1, -0.05) is 11.6 Å². The fourth-order valence-corrected chi connectivity index (χ4v) is 7.57. The van der Waals surface area contributed by atoms with Crippen molar-refractivity contribution in [2.75, 3.05) is 7.05 Å². The third-order valence-corrected chi connectivity index (χ3v) is 9.55. The number of hydrogen-bond acceptors (Lipinski definition) is 7. The molecule has 3 heterocycles. The minimum Gasteiger partial charge on any atom is -0.508 e. The number of alkyl halides is 2. The molecule has 0 aromatic heterocycles. The molecule has 1 aromatic rings. The third kappa shape index (κ3) is 2.63. The SMILES string of the molecule is CN1C(=O)C2(Cl)CC3C(=CCC4C(=O)N(O)C(=O)C43)C(C3=COc4ccc(O)cc4C3)C2(Cl)C1=O. The van der Waals surface area contributed by atoms with Crippen LogP contribution in [0.3, 0.4) is 0 Å². The first-order valence-corrected chi connectivity index (χ1v) is 11.9. The van der Waals surface area contributed by atoms with E-state index < -0.39 is 57.0 Å². The Hall–Kier alpha value is -2.88. The van der Waals surface area contributed by atoms with Gasteiger partial charge in [0.2, 0.25) is 0 Å². The molecule has 6 unspecified atom stereocenters. The highest BCUT2D eigenvalue weighted by Gasteiger charge is 2.76. The van der Waals surface area contributed by atoms with Crippen molar-refractivity contribution in [1.29, 1.82) is 0 Å². The molecule has 9 nitrogen and oxygen atoms in total. The average molecular weight is 519 g/mol. The van der Waals surface area contributed by atoms with Gasteiger partial charge in [-0.25, -0.2) is 0 Å². The Balaban J connectivity index is 1.53. The molecule has 6 atom stereocenters. The number of hydrogen-bond donors (Lipinski definition) is 2. The van der Waals surface area contributed by atoms with E-state index in [2.05, 4.69) is 0 Å². The second-order valence-electron chi connectivity index (χ2n) is 9.77. The Morgan fingerprint density at radius 1 is 1.09 bits per heavy atom. The summed E-state index contributed by atoms with van der Waals surface area (Å²) in [4.78, 5) is 49.3. The first kappa shape index (κ1) is 22.6. The van der Waals surface area contributed by atoms with Crippen molar-refractivity contribution >= 4 is 46.8 Å². The summed E-state index contributed by atoms with van der Waals surface area (Å²) < 4.78 is 5.80. The lowest BCUT2D eigenvalue weighted by atomic mass is 9.56. The van der Waals surface area contributed by atoms with Crippen molar-refractivity contribution in [2.24, 2.45) is 23.7 Å². The number of ether oxygens (including phenoxy) is 1. The van der Waals surface area contributed by atoms with Gasteiger partial charge in [-0.2, -0.15) is 5.06 Å². The number of likely N-dealkylation sites (tertiary alicyclic amines) is 1. The van der Waals surface area contributed by atoms with E-state index in [1.54, 1.807) is 18.2 Å². The molecule has 11 heteroatoms. The Kier molecular flexibility index (Phi) is 4.57. The minimum absolute atomic E-state index is 0.0343. The fourth-order valence-electron chi connectivity index (χ4n) is 6.54. The Bertz CT molecular complexity index is 1310. The Morgan fingerprint density at radius 3 is 2.57 bits per heavy atom. The maximum Gasteiger partial charge on any atom is 0.257 e. The number of carbonyl (C=O) groups is 4. The topological polar surface area (TPSA) is 124 Å². The molecule has 4 amide bonds. The van der Waals surface area contributed by atoms with E-state index in [9.17, 15) is 29.5 Å². The summed E-state index contributed by atoms with van der Waals surface area (Å²) in [5, 5.41) is 20.2. The van der Waals surface area contributed by atoms with Gasteiger partial charge < -0.3 is 9.84 Å². The van der Waals surface area contributed by atoms with Crippen molar-refractivity contribution < 1.29 is 34.2 Å². The van der Waals surface area contributed by atoms with Crippen LogP contribution < -0.4 is 4.74 Å². The summed E-state index contributed by atoms with van der Waals surface area (Å²) in [5.41, 5.74) is 1.81. The van der Waals surface area contributed by atoms with Gasteiger partial charge in [0.15, 0.2) is 9.75 Å². The third-order valence-electron chi connectivity index (χ3n) is 8.14. The molecular formula is C24H20Cl2N2O7. The number of rotatable bonds is 1. The highest BCUT2D eigenvalue weighted by molar-refractivity contribution is 6.53. The first-order valence-electron chi connectivity index (χ1n) is 11.1. The lowest BCUT2D eigenvalue weighted by molar-refractivity contribution is -0.173. The number of hydroxylamine groups is 2. The second kappa shape index (κ2) is 7.09. The van der Waals surface area contributed by atoms with Crippen molar-refractivity contribution in [3.63, 3.8) is 0 Å². The number of halogens is 2. The van der Waals surface area contributed by atoms with E-state index in [0.717, 1.165) is 4.90 Å². The molecule has 3 aliphatic heterocycles. The van der Waals surface area contributed by atoms with Crippen LogP contribution in [0.2, 0.25) is 0 Å². The van der Waals surface area contributed by atoms with Gasteiger partial charge in [0.1, 0.15) is 11.5 Å². The zero-order valence-electron chi connectivity index (χ0n) is 18.4. The van der Waals surface area contributed by atoms with Crippen molar-refractivity contribution in [2.45, 2.75) is 29.0 Å². The molecule has 6 rings (SSSR count). The van der Waals surface area contributed by atoms with Crippen LogP contribution >= 0.6 is 23.2 Å². The molecule has 0 spiro atoms. The molecule has 2 saturated heterocycles. The standard InChI is InChI=1S/C24H20Cl2N2O7/c1-27-21(32)23(25)8-15-13(3-4-14-17(15)20(31)28(34)19(14)30)18(24(23,26)22(27)33)11-6-10-7-12(29)2-5-16(10)35-9-11/h2-3,5,7,9,14-15,17-18,29,34H,4,6,8H2,1H3. The molecule has 2 N–H and O–H groups in total. The largest absolute Gasteiger partial charge is 0.508 e. The van der Waals surface area contributed by atoms with Gasteiger partial charge in [0, 0.05) is 24.9 Å². The Morgan fingerprint density at radius 2 is 1.83 bits per heavy atom. The summed E-state index contributed by atoms with van der Waals surface area (Å²) in [6.07, 6.45) is 3.51. The van der Waals surface area contributed by atoms with E-state index in [1.165, 1.54) is 19.4 Å². The van der Waals surface area contributed by atoms with Crippen LogP contribution in [0.4, 0.5) is 0 Å². The van der Waals surface area contributed by atoms with Gasteiger partial charge in [0.25, 0.3) is 23.6 Å². The summed E-state index contributed by atoms with van der Waals surface area (Å²) >= 11 is 14.1. The van der Waals surface area contributed by atoms with Crippen LogP contribution in [0.15, 0.2) is 41.7 Å². The number of aromatic hydroxyl groups is 1. The zero-order valence-corrected chi connectivity index (χ0v) is 19.9. The van der Waals surface area contributed by atoms with E-state index >= 15 is 0 Å². The van der Waals surface area contributed by atoms with Crippen LogP contribution in [-0.4, -0.2) is 60.7 Å². The maximum absolute atomic E-state index is 13.5. The molecule has 3 fully saturated rings. The molecule has 35 heavy (non-hydrogen) atoms. The van der Waals surface area contributed by atoms with Gasteiger partial charge in [0.05, 0.1) is 18.1 Å². The van der Waals surface area contributed by atoms with Gasteiger partial charge in [-0.05, 0) is 42.5 Å². The number of imide groups is 2. The van der Waals surface area contributed by atoms with E-state index in [1.807, 2.05) is 0 Å². The monoisotopic (exact) mass is 518 g/mol. The average Bonchev–Trinajstić information content (AvgIpc) is 3.13. The quantitative estimate of drug-likeness (QED) is 0.252. The summed E-state index contributed by atoms with van der Waals surface area (Å²) in [5.74, 6) is -5.58. The van der Waals surface area contributed by atoms with E-state index in [0.29, 0.717) is 22.5 Å². The zero-order chi connectivity index (χ0) is 25.0. The predicted octanol–water partition coefficient (Wildman–Crippen LogP) is 2.12. The lowest BCUT2D eigenvalue weighted by Gasteiger charge is -2.51. The van der Waals surface area contributed by atoms with E-state index in [4.69, 9.17) is 27.9 Å². The molecule has 0 bridgehead atoms. The molecule has 5 aliphatic rings. The summed E-state index contributed by atoms with van der Waals surface area (Å²) in [7, 11) is 1.31. The number of phenols is 1. The fraction of sp³-hybridized carbons (Fsp3) is 0.417. The van der Waals surface area contributed by atoms with Gasteiger partial charge in [-0.15, -0.1) is 23.2 Å². The second-order valence-corrected chi connectivity index (χ2v) is 11.0. The van der Waals surface area contributed by atoms with Gasteiger partial charge in [-0.3, -0.25) is 29.3 Å². The molecule has 1 aromatic carbocycles. The van der Waals surface area contributed by atoms with Crippen molar-refractivity contribution in [1.82, 2.24) is 9.96 Å². The normalized spacial score (nSPS) is 37.8. The molecule has 0 radical (unpaired) electrons. The van der Waals surface area contributed by atoms with Crippen LogP contribution in [0.1, 0.15) is 18.4 Å². The molecule has 182 valence electrons. The van der Waals surface area contributed by atoms with Gasteiger partial charge >= 0.3 is 0 Å². The first-order chi connectivity index (χ1) is 16.5. The molecule has 1 saturated carbocycles. The predicted molar refractivity (Wildman–Crippen MR) is 120 cm³/mol. The number of benzene rings is 1. The van der Waals surface area contributed by atoms with Crippen LogP contribution in [0.25, 0.3) is 0 Å². The number of nitrogens with zero attached hydrogens (tertiary/aromatic N) is 2. The highest BCUT2D eigenvalue weighted by atomic mass is 35.5. The number of allylic oxidation sites excluding steroid dienone is 3. The van der Waals surface area contributed by atoms with Crippen molar-refractivity contribution in [3.8, 4) is 11.5 Å². The number of phenolic OH excluding ortho intramolecular Hbond substituents is 1. The summed E-state index contributed by atoms with van der Waals surface area (Å²) in [6.45, 7) is 0. The van der Waals surface area contributed by atoms with Crippen LogP contribution in [0.5, 0.6) is 11.5 Å². The smallest absolute Gasteiger partial charge is 0.257 e.